The molecule has 180 valence electrons. The first-order valence-corrected chi connectivity index (χ1v) is 11.6. The smallest absolute Gasteiger partial charge is 0.305 e. The van der Waals surface area contributed by atoms with Gasteiger partial charge < -0.3 is 9.32 Å². The standard InChI is InChI=1S/C26H26N4O5/c1-16-17-8-4-6-11-20(17)35-23(16)24(33)28-27-21(31)12-7-15-29-25(34)18-9-3-5-10-19(18)30-22(32)13-14-26(29,30)2/h3-6,8-11H,7,12-15H2,1-2H3,(H,27,31)(H,28,33). The first-order chi connectivity index (χ1) is 16.8. The average Bonchev–Trinajstić information content (AvgIpc) is 3.36. The van der Waals surface area contributed by atoms with E-state index in [1.165, 1.54) is 0 Å². The average molecular weight is 475 g/mol. The minimum atomic E-state index is -0.758. The normalized spacial score (nSPS) is 19.0. The SMILES string of the molecule is Cc1c(C(=O)NNC(=O)CCCN2C(=O)c3ccccc3N3C(=O)CCC23C)oc2ccccc12. The summed E-state index contributed by atoms with van der Waals surface area (Å²) < 4.78 is 5.61. The molecule has 1 unspecified atom stereocenters. The van der Waals surface area contributed by atoms with Crippen LogP contribution in [0.2, 0.25) is 0 Å². The van der Waals surface area contributed by atoms with E-state index >= 15 is 0 Å². The summed E-state index contributed by atoms with van der Waals surface area (Å²) >= 11 is 0. The fourth-order valence-corrected chi connectivity index (χ4v) is 5.08. The zero-order valence-electron chi connectivity index (χ0n) is 19.6. The molecule has 9 nitrogen and oxygen atoms in total. The van der Waals surface area contributed by atoms with E-state index in [9.17, 15) is 19.2 Å². The molecule has 35 heavy (non-hydrogen) atoms. The highest BCUT2D eigenvalue weighted by Gasteiger charge is 2.52. The molecule has 0 bridgehead atoms. The van der Waals surface area contributed by atoms with E-state index in [-0.39, 0.29) is 29.9 Å². The molecule has 1 fully saturated rings. The lowest BCUT2D eigenvalue weighted by atomic mass is 9.98. The molecule has 1 atom stereocenters. The molecule has 4 amide bonds. The Morgan fingerprint density at radius 2 is 1.80 bits per heavy atom. The van der Waals surface area contributed by atoms with Crippen LogP contribution in [0, 0.1) is 6.92 Å². The topological polar surface area (TPSA) is 112 Å². The number of benzene rings is 2. The summed E-state index contributed by atoms with van der Waals surface area (Å²) in [7, 11) is 0. The molecule has 5 rings (SSSR count). The van der Waals surface area contributed by atoms with Gasteiger partial charge in [-0.05, 0) is 44.9 Å². The maximum Gasteiger partial charge on any atom is 0.305 e. The number of anilines is 1. The highest BCUT2D eigenvalue weighted by Crippen LogP contribution is 2.44. The van der Waals surface area contributed by atoms with Crippen molar-refractivity contribution in [2.75, 3.05) is 11.4 Å². The Hall–Kier alpha value is -4.14. The molecule has 2 N–H and O–H groups in total. The predicted octanol–water partition coefficient (Wildman–Crippen LogP) is 3.28. The van der Waals surface area contributed by atoms with Crippen LogP contribution in [0.15, 0.2) is 52.9 Å². The van der Waals surface area contributed by atoms with Crippen LogP contribution in [-0.2, 0) is 9.59 Å². The molecule has 3 heterocycles. The van der Waals surface area contributed by atoms with Gasteiger partial charge >= 0.3 is 5.91 Å². The molecule has 2 aromatic carbocycles. The van der Waals surface area contributed by atoms with Crippen molar-refractivity contribution in [3.8, 4) is 0 Å². The first-order valence-electron chi connectivity index (χ1n) is 11.6. The molecule has 0 radical (unpaired) electrons. The summed E-state index contributed by atoms with van der Waals surface area (Å²) in [5.41, 5.74) is 6.47. The van der Waals surface area contributed by atoms with Gasteiger partial charge in [0.15, 0.2) is 5.76 Å². The number of fused-ring (bicyclic) bond motifs is 4. The van der Waals surface area contributed by atoms with E-state index in [1.807, 2.05) is 31.2 Å². The monoisotopic (exact) mass is 474 g/mol. The molecule has 2 aliphatic rings. The maximum absolute atomic E-state index is 13.2. The molecule has 0 saturated carbocycles. The molecular weight excluding hydrogens is 448 g/mol. The van der Waals surface area contributed by atoms with Crippen molar-refractivity contribution in [1.29, 1.82) is 0 Å². The number of hydrogen-bond donors (Lipinski definition) is 2. The van der Waals surface area contributed by atoms with E-state index in [0.29, 0.717) is 48.2 Å². The van der Waals surface area contributed by atoms with Crippen molar-refractivity contribution in [3.05, 3.63) is 65.4 Å². The predicted molar refractivity (Wildman–Crippen MR) is 128 cm³/mol. The quantitative estimate of drug-likeness (QED) is 0.551. The Bertz CT molecular complexity index is 1360. The van der Waals surface area contributed by atoms with E-state index in [0.717, 1.165) is 5.39 Å². The third-order valence-electron chi connectivity index (χ3n) is 6.90. The number of rotatable bonds is 5. The summed E-state index contributed by atoms with van der Waals surface area (Å²) in [6.07, 6.45) is 1.36. The van der Waals surface area contributed by atoms with Crippen molar-refractivity contribution < 1.29 is 23.6 Å². The van der Waals surface area contributed by atoms with Gasteiger partial charge in [0.1, 0.15) is 11.2 Å². The molecule has 2 aliphatic heterocycles. The fraction of sp³-hybridized carbons (Fsp3) is 0.308. The van der Waals surface area contributed by atoms with Gasteiger partial charge in [-0.3, -0.25) is 34.9 Å². The second kappa shape index (κ2) is 8.57. The molecule has 9 heteroatoms. The number of carbonyl (C=O) groups excluding carboxylic acids is 4. The van der Waals surface area contributed by atoms with Crippen LogP contribution in [0.3, 0.4) is 0 Å². The molecule has 1 aromatic heterocycles. The van der Waals surface area contributed by atoms with Gasteiger partial charge in [0, 0.05) is 30.3 Å². The number of amides is 4. The van der Waals surface area contributed by atoms with E-state index < -0.39 is 11.6 Å². The van der Waals surface area contributed by atoms with Crippen LogP contribution < -0.4 is 15.8 Å². The summed E-state index contributed by atoms with van der Waals surface area (Å²) in [5.74, 6) is -0.950. The Morgan fingerprint density at radius 1 is 1.06 bits per heavy atom. The molecule has 1 saturated heterocycles. The van der Waals surface area contributed by atoms with Crippen LogP contribution in [0.4, 0.5) is 5.69 Å². The van der Waals surface area contributed by atoms with Crippen molar-refractivity contribution in [3.63, 3.8) is 0 Å². The molecule has 0 aliphatic carbocycles. The number of hydrazine groups is 1. The van der Waals surface area contributed by atoms with E-state index in [1.54, 1.807) is 41.0 Å². The van der Waals surface area contributed by atoms with E-state index in [4.69, 9.17) is 4.42 Å². The summed E-state index contributed by atoms with van der Waals surface area (Å²) in [5, 5.41) is 0.838. The number of carbonyl (C=O) groups is 4. The van der Waals surface area contributed by atoms with Crippen molar-refractivity contribution in [1.82, 2.24) is 15.8 Å². The summed E-state index contributed by atoms with van der Waals surface area (Å²) in [6, 6.07) is 14.4. The highest BCUT2D eigenvalue weighted by molar-refractivity contribution is 6.10. The van der Waals surface area contributed by atoms with Gasteiger partial charge in [0.2, 0.25) is 11.8 Å². The Kier molecular flexibility index (Phi) is 5.55. The number of furan rings is 1. The zero-order valence-corrected chi connectivity index (χ0v) is 19.6. The number of para-hydroxylation sites is 2. The Morgan fingerprint density at radius 3 is 2.60 bits per heavy atom. The minimum absolute atomic E-state index is 0.0150. The lowest BCUT2D eigenvalue weighted by molar-refractivity contribution is -0.122. The number of aryl methyl sites for hydroxylation is 1. The first kappa shape index (κ1) is 22.6. The maximum atomic E-state index is 13.2. The van der Waals surface area contributed by atoms with Crippen LogP contribution in [0.5, 0.6) is 0 Å². The Balaban J connectivity index is 1.20. The summed E-state index contributed by atoms with van der Waals surface area (Å²) in [4.78, 5) is 54.2. The van der Waals surface area contributed by atoms with Gasteiger partial charge in [-0.1, -0.05) is 30.3 Å². The van der Waals surface area contributed by atoms with Gasteiger partial charge in [-0.25, -0.2) is 0 Å². The lowest BCUT2D eigenvalue weighted by Gasteiger charge is -2.48. The van der Waals surface area contributed by atoms with Crippen molar-refractivity contribution in [2.24, 2.45) is 0 Å². The van der Waals surface area contributed by atoms with Crippen LogP contribution >= 0.6 is 0 Å². The highest BCUT2D eigenvalue weighted by atomic mass is 16.3. The third kappa shape index (κ3) is 3.73. The van der Waals surface area contributed by atoms with Crippen LogP contribution in [0.1, 0.15) is 59.1 Å². The number of nitrogens with one attached hydrogen (secondary N) is 2. The van der Waals surface area contributed by atoms with Gasteiger partial charge in [-0.15, -0.1) is 0 Å². The largest absolute Gasteiger partial charge is 0.451 e. The lowest BCUT2D eigenvalue weighted by Crippen LogP contribution is -2.62. The van der Waals surface area contributed by atoms with E-state index in [2.05, 4.69) is 10.9 Å². The number of hydrogen-bond acceptors (Lipinski definition) is 5. The Labute approximate surface area is 202 Å². The summed E-state index contributed by atoms with van der Waals surface area (Å²) in [6.45, 7) is 3.98. The second-order valence-corrected chi connectivity index (χ2v) is 9.08. The third-order valence-corrected chi connectivity index (χ3v) is 6.90. The molecular formula is C26H26N4O5. The van der Waals surface area contributed by atoms with Crippen LogP contribution in [0.25, 0.3) is 11.0 Å². The molecule has 0 spiro atoms. The minimum Gasteiger partial charge on any atom is -0.451 e. The van der Waals surface area contributed by atoms with Crippen molar-refractivity contribution >= 4 is 40.3 Å². The zero-order chi connectivity index (χ0) is 24.7. The van der Waals surface area contributed by atoms with Gasteiger partial charge in [-0.2, -0.15) is 0 Å². The van der Waals surface area contributed by atoms with Gasteiger partial charge in [0.05, 0.1) is 11.3 Å². The fourth-order valence-electron chi connectivity index (χ4n) is 5.08. The number of nitrogens with zero attached hydrogens (tertiary/aromatic N) is 2. The second-order valence-electron chi connectivity index (χ2n) is 9.08. The van der Waals surface area contributed by atoms with Crippen molar-refractivity contribution in [2.45, 2.75) is 45.2 Å². The van der Waals surface area contributed by atoms with Gasteiger partial charge in [0.25, 0.3) is 5.91 Å². The van der Waals surface area contributed by atoms with Crippen LogP contribution in [-0.4, -0.2) is 40.7 Å². The molecule has 3 aromatic rings.